The minimum absolute atomic E-state index is 0.676. The van der Waals surface area contributed by atoms with E-state index in [2.05, 4.69) is 49.2 Å². The van der Waals surface area contributed by atoms with Gasteiger partial charge in [-0.3, -0.25) is 4.90 Å². The van der Waals surface area contributed by atoms with E-state index in [-0.39, 0.29) is 0 Å². The fraction of sp³-hybridized carbons (Fsp3) is 0.600. The van der Waals surface area contributed by atoms with Crippen molar-refractivity contribution in [2.24, 2.45) is 0 Å². The number of benzene rings is 1. The summed E-state index contributed by atoms with van der Waals surface area (Å²) in [5, 5.41) is 3.56. The monoisotopic (exact) mass is 232 g/mol. The van der Waals surface area contributed by atoms with Crippen molar-refractivity contribution in [2.45, 2.75) is 39.8 Å². The Morgan fingerprint density at radius 1 is 1.29 bits per heavy atom. The molecule has 1 fully saturated rings. The minimum Gasteiger partial charge on any atom is -0.311 e. The van der Waals surface area contributed by atoms with Crippen LogP contribution in [0.4, 0.5) is 0 Å². The first-order valence-corrected chi connectivity index (χ1v) is 6.71. The molecule has 0 aliphatic carbocycles. The van der Waals surface area contributed by atoms with Crippen LogP contribution in [0.15, 0.2) is 18.2 Å². The van der Waals surface area contributed by atoms with Gasteiger partial charge in [-0.2, -0.15) is 0 Å². The van der Waals surface area contributed by atoms with Gasteiger partial charge in [0.1, 0.15) is 0 Å². The van der Waals surface area contributed by atoms with Crippen LogP contribution in [-0.4, -0.2) is 30.6 Å². The van der Waals surface area contributed by atoms with Crippen molar-refractivity contribution < 1.29 is 0 Å². The zero-order valence-electron chi connectivity index (χ0n) is 11.3. The zero-order valence-corrected chi connectivity index (χ0v) is 11.3. The van der Waals surface area contributed by atoms with Crippen molar-refractivity contribution in [1.29, 1.82) is 0 Å². The highest BCUT2D eigenvalue weighted by Crippen LogP contribution is 2.13. The molecule has 1 aromatic rings. The molecule has 0 bridgehead atoms. The van der Waals surface area contributed by atoms with Crippen LogP contribution in [0.5, 0.6) is 0 Å². The standard InChI is InChI=1S/C15H24N2/c1-4-15-11-17(8-7-16-15)10-14-6-5-12(2)13(3)9-14/h5-6,9,15-16H,4,7-8,10-11H2,1-3H3. The van der Waals surface area contributed by atoms with E-state index >= 15 is 0 Å². The molecule has 0 saturated carbocycles. The Bertz CT molecular complexity index is 373. The predicted molar refractivity (Wildman–Crippen MR) is 73.3 cm³/mol. The maximum atomic E-state index is 3.56. The highest BCUT2D eigenvalue weighted by atomic mass is 15.2. The van der Waals surface area contributed by atoms with Gasteiger partial charge >= 0.3 is 0 Å². The molecule has 17 heavy (non-hydrogen) atoms. The van der Waals surface area contributed by atoms with Crippen LogP contribution in [0.2, 0.25) is 0 Å². The Hall–Kier alpha value is -0.860. The number of nitrogens with zero attached hydrogens (tertiary/aromatic N) is 1. The largest absolute Gasteiger partial charge is 0.311 e. The highest BCUT2D eigenvalue weighted by molar-refractivity contribution is 5.29. The van der Waals surface area contributed by atoms with E-state index in [0.29, 0.717) is 6.04 Å². The van der Waals surface area contributed by atoms with Crippen LogP contribution in [0.1, 0.15) is 30.0 Å². The summed E-state index contributed by atoms with van der Waals surface area (Å²) < 4.78 is 0. The molecule has 0 radical (unpaired) electrons. The van der Waals surface area contributed by atoms with E-state index in [9.17, 15) is 0 Å². The molecule has 1 N–H and O–H groups in total. The second-order valence-electron chi connectivity index (χ2n) is 5.21. The Kier molecular flexibility index (Phi) is 4.19. The van der Waals surface area contributed by atoms with Gasteiger partial charge in [0.15, 0.2) is 0 Å². The first kappa shape index (κ1) is 12.6. The van der Waals surface area contributed by atoms with Crippen molar-refractivity contribution in [3.8, 4) is 0 Å². The summed E-state index contributed by atoms with van der Waals surface area (Å²) in [4.78, 5) is 2.56. The van der Waals surface area contributed by atoms with Crippen molar-refractivity contribution in [2.75, 3.05) is 19.6 Å². The molecule has 1 aromatic carbocycles. The predicted octanol–water partition coefficient (Wildman–Crippen LogP) is 2.49. The molecule has 2 heteroatoms. The van der Waals surface area contributed by atoms with Gasteiger partial charge in [-0.1, -0.05) is 25.1 Å². The number of rotatable bonds is 3. The van der Waals surface area contributed by atoms with Gasteiger partial charge in [-0.25, -0.2) is 0 Å². The van der Waals surface area contributed by atoms with E-state index in [4.69, 9.17) is 0 Å². The molecule has 1 aliphatic heterocycles. The summed E-state index contributed by atoms with van der Waals surface area (Å²) in [5.41, 5.74) is 4.25. The second-order valence-corrected chi connectivity index (χ2v) is 5.21. The maximum absolute atomic E-state index is 3.56. The number of hydrogen-bond acceptors (Lipinski definition) is 2. The summed E-state index contributed by atoms with van der Waals surface area (Å²) in [6, 6.07) is 7.52. The van der Waals surface area contributed by atoms with Crippen LogP contribution in [0, 0.1) is 13.8 Å². The molecular weight excluding hydrogens is 208 g/mol. The van der Waals surface area contributed by atoms with Gasteiger partial charge < -0.3 is 5.32 Å². The quantitative estimate of drug-likeness (QED) is 0.861. The number of hydrogen-bond donors (Lipinski definition) is 1. The van der Waals surface area contributed by atoms with Crippen LogP contribution in [0.25, 0.3) is 0 Å². The molecule has 1 atom stereocenters. The van der Waals surface area contributed by atoms with Crippen molar-refractivity contribution in [1.82, 2.24) is 10.2 Å². The molecule has 1 aliphatic rings. The summed E-state index contributed by atoms with van der Waals surface area (Å²) in [6.07, 6.45) is 1.23. The fourth-order valence-corrected chi connectivity index (χ4v) is 2.47. The molecular formula is C15H24N2. The van der Waals surface area contributed by atoms with Crippen LogP contribution in [0.3, 0.4) is 0 Å². The van der Waals surface area contributed by atoms with Crippen LogP contribution >= 0.6 is 0 Å². The van der Waals surface area contributed by atoms with E-state index < -0.39 is 0 Å². The van der Waals surface area contributed by atoms with Crippen LogP contribution < -0.4 is 5.32 Å². The lowest BCUT2D eigenvalue weighted by Gasteiger charge is -2.33. The Morgan fingerprint density at radius 2 is 2.12 bits per heavy atom. The Balaban J connectivity index is 1.97. The number of piperazine rings is 1. The molecule has 2 rings (SSSR count). The number of nitrogens with one attached hydrogen (secondary N) is 1. The topological polar surface area (TPSA) is 15.3 Å². The normalized spacial score (nSPS) is 21.7. The Labute approximate surface area is 105 Å². The van der Waals surface area contributed by atoms with Crippen LogP contribution in [-0.2, 0) is 6.54 Å². The third-order valence-corrected chi connectivity index (χ3v) is 3.81. The van der Waals surface area contributed by atoms with Crippen molar-refractivity contribution in [3.63, 3.8) is 0 Å². The lowest BCUT2D eigenvalue weighted by Crippen LogP contribution is -2.49. The van der Waals surface area contributed by atoms with Gasteiger partial charge in [0.2, 0.25) is 0 Å². The van der Waals surface area contributed by atoms with Crippen molar-refractivity contribution in [3.05, 3.63) is 34.9 Å². The highest BCUT2D eigenvalue weighted by Gasteiger charge is 2.17. The number of aryl methyl sites for hydroxylation is 2. The first-order valence-electron chi connectivity index (χ1n) is 6.71. The second kappa shape index (κ2) is 5.65. The fourth-order valence-electron chi connectivity index (χ4n) is 2.47. The molecule has 94 valence electrons. The molecule has 1 heterocycles. The third kappa shape index (κ3) is 3.30. The lowest BCUT2D eigenvalue weighted by molar-refractivity contribution is 0.190. The van der Waals surface area contributed by atoms with E-state index in [1.165, 1.54) is 36.2 Å². The van der Waals surface area contributed by atoms with Crippen molar-refractivity contribution >= 4 is 0 Å². The summed E-state index contributed by atoms with van der Waals surface area (Å²) in [7, 11) is 0. The van der Waals surface area contributed by atoms with Gasteiger partial charge in [0, 0.05) is 32.2 Å². The minimum atomic E-state index is 0.676. The first-order chi connectivity index (χ1) is 8.19. The van der Waals surface area contributed by atoms with Gasteiger partial charge in [0.25, 0.3) is 0 Å². The molecule has 1 unspecified atom stereocenters. The molecule has 2 nitrogen and oxygen atoms in total. The summed E-state index contributed by atoms with van der Waals surface area (Å²) in [5.74, 6) is 0. The lowest BCUT2D eigenvalue weighted by atomic mass is 10.1. The van der Waals surface area contributed by atoms with E-state index in [1.54, 1.807) is 0 Å². The molecule has 0 amide bonds. The molecule has 0 aromatic heterocycles. The van der Waals surface area contributed by atoms with E-state index in [0.717, 1.165) is 13.1 Å². The average molecular weight is 232 g/mol. The average Bonchev–Trinajstić information content (AvgIpc) is 2.34. The molecule has 0 spiro atoms. The van der Waals surface area contributed by atoms with Gasteiger partial charge in [-0.05, 0) is 37.0 Å². The zero-order chi connectivity index (χ0) is 12.3. The van der Waals surface area contributed by atoms with Gasteiger partial charge in [-0.15, -0.1) is 0 Å². The third-order valence-electron chi connectivity index (χ3n) is 3.81. The SMILES string of the molecule is CCC1CN(Cc2ccc(C)c(C)c2)CCN1. The summed E-state index contributed by atoms with van der Waals surface area (Å²) in [6.45, 7) is 11.2. The van der Waals surface area contributed by atoms with E-state index in [1.807, 2.05) is 0 Å². The smallest absolute Gasteiger partial charge is 0.0235 e. The molecule has 1 saturated heterocycles. The summed E-state index contributed by atoms with van der Waals surface area (Å²) >= 11 is 0. The maximum Gasteiger partial charge on any atom is 0.0235 e. The Morgan fingerprint density at radius 3 is 2.82 bits per heavy atom. The van der Waals surface area contributed by atoms with Gasteiger partial charge in [0.05, 0.1) is 0 Å².